The van der Waals surface area contributed by atoms with E-state index in [2.05, 4.69) is 5.32 Å². The van der Waals surface area contributed by atoms with Gasteiger partial charge in [-0.25, -0.2) is 13.6 Å². The molecule has 0 spiro atoms. The second-order valence-electron chi connectivity index (χ2n) is 5.52. The van der Waals surface area contributed by atoms with Crippen molar-refractivity contribution >= 4 is 62.6 Å². The van der Waals surface area contributed by atoms with Crippen molar-refractivity contribution in [2.75, 3.05) is 17.7 Å². The fraction of sp³-hybridized carbons (Fsp3) is 0.176. The number of hydrogen-bond acceptors (Lipinski definition) is 6. The summed E-state index contributed by atoms with van der Waals surface area (Å²) < 4.78 is 27.2. The first-order valence-electron chi connectivity index (χ1n) is 7.75. The molecule has 1 amide bonds. The second-order valence-corrected chi connectivity index (χ2v) is 8.88. The van der Waals surface area contributed by atoms with Gasteiger partial charge in [0.05, 0.1) is 20.7 Å². The lowest BCUT2D eigenvalue weighted by Gasteiger charge is -2.07. The second kappa shape index (κ2) is 10.1. The van der Waals surface area contributed by atoms with Gasteiger partial charge in [0.2, 0.25) is 10.0 Å². The molecule has 0 bridgehead atoms. The Labute approximate surface area is 176 Å². The topological polar surface area (TPSA) is 116 Å². The van der Waals surface area contributed by atoms with Gasteiger partial charge in [-0.05, 0) is 42.0 Å². The Balaban J connectivity index is 1.71. The van der Waals surface area contributed by atoms with Crippen LogP contribution in [0, 0.1) is 0 Å². The summed E-state index contributed by atoms with van der Waals surface area (Å²) in [7, 11) is -3.80. The van der Waals surface area contributed by atoms with E-state index < -0.39 is 28.5 Å². The number of ether oxygens (including phenoxy) is 1. The van der Waals surface area contributed by atoms with Crippen LogP contribution in [0.3, 0.4) is 0 Å². The first-order chi connectivity index (χ1) is 13.1. The van der Waals surface area contributed by atoms with E-state index in [4.69, 9.17) is 33.1 Å². The van der Waals surface area contributed by atoms with Crippen LogP contribution < -0.4 is 10.5 Å². The Kier molecular flexibility index (Phi) is 8.14. The van der Waals surface area contributed by atoms with Gasteiger partial charge in [0.15, 0.2) is 6.61 Å². The molecule has 2 aromatic rings. The molecule has 2 aromatic carbocycles. The summed E-state index contributed by atoms with van der Waals surface area (Å²) >= 11 is 13.1. The van der Waals surface area contributed by atoms with Gasteiger partial charge in [0.1, 0.15) is 0 Å². The maximum Gasteiger partial charge on any atom is 0.316 e. The summed E-state index contributed by atoms with van der Waals surface area (Å²) in [6.07, 6.45) is 0. The Bertz CT molecular complexity index is 966. The summed E-state index contributed by atoms with van der Waals surface area (Å²) in [5, 5.41) is 8.38. The fourth-order valence-corrected chi connectivity index (χ4v) is 3.60. The zero-order chi connectivity index (χ0) is 20.7. The highest BCUT2D eigenvalue weighted by atomic mass is 35.5. The van der Waals surface area contributed by atoms with Crippen LogP contribution in [-0.2, 0) is 30.1 Å². The van der Waals surface area contributed by atoms with Crippen molar-refractivity contribution in [1.82, 2.24) is 0 Å². The number of nitrogens with one attached hydrogen (secondary N) is 1. The quantitative estimate of drug-likeness (QED) is 0.582. The highest BCUT2D eigenvalue weighted by molar-refractivity contribution is 7.99. The van der Waals surface area contributed by atoms with Crippen molar-refractivity contribution in [3.05, 3.63) is 58.1 Å². The molecular formula is C17H16Cl2N2O5S2. The van der Waals surface area contributed by atoms with Crippen LogP contribution in [0.4, 0.5) is 5.69 Å². The van der Waals surface area contributed by atoms with Gasteiger partial charge in [-0.15, -0.1) is 11.8 Å². The fourth-order valence-electron chi connectivity index (χ4n) is 1.99. The summed E-state index contributed by atoms with van der Waals surface area (Å²) in [5.74, 6) is -0.485. The molecule has 0 aliphatic carbocycles. The lowest BCUT2D eigenvalue weighted by molar-refractivity contribution is -0.144. The van der Waals surface area contributed by atoms with E-state index in [0.717, 1.165) is 5.56 Å². The summed E-state index contributed by atoms with van der Waals surface area (Å²) in [4.78, 5) is 23.4. The number of carbonyl (C=O) groups is 2. The van der Waals surface area contributed by atoms with Crippen LogP contribution in [-0.4, -0.2) is 32.7 Å². The summed E-state index contributed by atoms with van der Waals surface area (Å²) in [6, 6.07) is 10.5. The van der Waals surface area contributed by atoms with Gasteiger partial charge in [-0.1, -0.05) is 29.3 Å². The van der Waals surface area contributed by atoms with Crippen LogP contribution >= 0.6 is 35.0 Å². The molecule has 150 valence electrons. The van der Waals surface area contributed by atoms with Crippen molar-refractivity contribution in [2.24, 2.45) is 5.14 Å². The largest absolute Gasteiger partial charge is 0.455 e. The maximum atomic E-state index is 11.8. The minimum Gasteiger partial charge on any atom is -0.455 e. The van der Waals surface area contributed by atoms with E-state index in [-0.39, 0.29) is 10.6 Å². The monoisotopic (exact) mass is 462 g/mol. The smallest absolute Gasteiger partial charge is 0.316 e. The van der Waals surface area contributed by atoms with Crippen LogP contribution in [0.2, 0.25) is 10.0 Å². The van der Waals surface area contributed by atoms with Gasteiger partial charge in [0, 0.05) is 11.4 Å². The number of nitrogens with two attached hydrogens (primary N) is 1. The molecule has 0 saturated carbocycles. The third-order valence-electron chi connectivity index (χ3n) is 3.30. The number of sulfonamides is 1. The first-order valence-corrected chi connectivity index (χ1v) is 11.2. The molecule has 0 atom stereocenters. The van der Waals surface area contributed by atoms with Gasteiger partial charge in [0.25, 0.3) is 5.91 Å². The summed E-state index contributed by atoms with van der Waals surface area (Å²) in [5.41, 5.74) is 1.26. The first kappa shape index (κ1) is 22.5. The maximum absolute atomic E-state index is 11.8. The highest BCUT2D eigenvalue weighted by Crippen LogP contribution is 2.24. The van der Waals surface area contributed by atoms with Crippen molar-refractivity contribution in [3.63, 3.8) is 0 Å². The molecule has 0 radical (unpaired) electrons. The minimum atomic E-state index is -3.80. The number of halogens is 2. The Morgan fingerprint density at radius 3 is 2.36 bits per heavy atom. The van der Waals surface area contributed by atoms with E-state index in [0.29, 0.717) is 21.5 Å². The Hall–Kier alpha value is -1.78. The Morgan fingerprint density at radius 1 is 1.07 bits per heavy atom. The predicted octanol–water partition coefficient (Wildman–Crippen LogP) is 3.06. The van der Waals surface area contributed by atoms with E-state index in [1.54, 1.807) is 18.2 Å². The third-order valence-corrected chi connectivity index (χ3v) is 5.95. The predicted molar refractivity (Wildman–Crippen MR) is 110 cm³/mol. The standard InChI is InChI=1S/C17H16Cl2N2O5S2/c18-14-6-1-11(7-15(14)19)9-27-10-17(23)26-8-16(22)21-12-2-4-13(5-3-12)28(20,24)25/h1-7H,8-10H2,(H,21,22)(H2,20,24,25). The van der Waals surface area contributed by atoms with Gasteiger partial charge in [-0.2, -0.15) is 0 Å². The van der Waals surface area contributed by atoms with Crippen LogP contribution in [0.1, 0.15) is 5.56 Å². The van der Waals surface area contributed by atoms with Crippen LogP contribution in [0.5, 0.6) is 0 Å². The zero-order valence-corrected chi connectivity index (χ0v) is 17.5. The molecule has 28 heavy (non-hydrogen) atoms. The lowest BCUT2D eigenvalue weighted by atomic mass is 10.2. The highest BCUT2D eigenvalue weighted by Gasteiger charge is 2.10. The molecule has 0 aliphatic rings. The minimum absolute atomic E-state index is 0.0661. The number of carbonyl (C=O) groups excluding carboxylic acids is 2. The van der Waals surface area contributed by atoms with Crippen molar-refractivity contribution in [2.45, 2.75) is 10.6 Å². The molecule has 0 heterocycles. The van der Waals surface area contributed by atoms with E-state index in [1.807, 2.05) is 0 Å². The third kappa shape index (κ3) is 7.33. The number of thioether (sulfide) groups is 1. The molecule has 0 saturated heterocycles. The van der Waals surface area contributed by atoms with Gasteiger partial charge in [-0.3, -0.25) is 9.59 Å². The molecule has 0 unspecified atom stereocenters. The Morgan fingerprint density at radius 2 is 1.75 bits per heavy atom. The van der Waals surface area contributed by atoms with Crippen molar-refractivity contribution in [1.29, 1.82) is 0 Å². The lowest BCUT2D eigenvalue weighted by Crippen LogP contribution is -2.21. The number of primary sulfonamides is 1. The number of esters is 1. The van der Waals surface area contributed by atoms with Crippen molar-refractivity contribution < 1.29 is 22.7 Å². The molecule has 11 heteroatoms. The number of hydrogen-bond donors (Lipinski definition) is 2. The molecule has 7 nitrogen and oxygen atoms in total. The van der Waals surface area contributed by atoms with Gasteiger partial charge < -0.3 is 10.1 Å². The number of rotatable bonds is 8. The van der Waals surface area contributed by atoms with E-state index in [9.17, 15) is 18.0 Å². The SMILES string of the molecule is NS(=O)(=O)c1ccc(NC(=O)COC(=O)CSCc2ccc(Cl)c(Cl)c2)cc1. The average Bonchev–Trinajstić information content (AvgIpc) is 2.63. The molecule has 0 fully saturated rings. The van der Waals surface area contributed by atoms with E-state index >= 15 is 0 Å². The molecule has 0 aromatic heterocycles. The number of anilines is 1. The molecule has 3 N–H and O–H groups in total. The average molecular weight is 463 g/mol. The number of amides is 1. The van der Waals surface area contributed by atoms with Crippen LogP contribution in [0.25, 0.3) is 0 Å². The summed E-state index contributed by atoms with van der Waals surface area (Å²) in [6.45, 7) is -0.455. The molecular weight excluding hydrogens is 447 g/mol. The number of benzene rings is 2. The molecule has 0 aliphatic heterocycles. The van der Waals surface area contributed by atoms with Crippen LogP contribution in [0.15, 0.2) is 47.4 Å². The van der Waals surface area contributed by atoms with E-state index in [1.165, 1.54) is 36.0 Å². The molecule has 2 rings (SSSR count). The normalized spacial score (nSPS) is 11.1. The van der Waals surface area contributed by atoms with Crippen molar-refractivity contribution in [3.8, 4) is 0 Å². The van der Waals surface area contributed by atoms with Gasteiger partial charge >= 0.3 is 5.97 Å². The zero-order valence-electron chi connectivity index (χ0n) is 14.4.